The van der Waals surface area contributed by atoms with Gasteiger partial charge in [-0.05, 0) is 20.3 Å². The van der Waals surface area contributed by atoms with Crippen molar-refractivity contribution in [3.8, 4) is 0 Å². The predicted octanol–water partition coefficient (Wildman–Crippen LogP) is 1.04. The number of aromatic nitrogens is 2. The van der Waals surface area contributed by atoms with Crippen molar-refractivity contribution in [2.45, 2.75) is 58.1 Å². The molecule has 28 heavy (non-hydrogen) atoms. The van der Waals surface area contributed by atoms with Crippen LogP contribution >= 0.6 is 0 Å². The van der Waals surface area contributed by atoms with Gasteiger partial charge in [0.05, 0.1) is 18.0 Å². The van der Waals surface area contributed by atoms with Crippen LogP contribution in [0.4, 0.5) is 0 Å². The predicted molar refractivity (Wildman–Crippen MR) is 99.0 cm³/mol. The van der Waals surface area contributed by atoms with Gasteiger partial charge >= 0.3 is 5.97 Å². The Bertz CT molecular complexity index is 837. The first kappa shape index (κ1) is 18.8. The van der Waals surface area contributed by atoms with Crippen LogP contribution in [0, 0.1) is 5.92 Å². The Morgan fingerprint density at radius 3 is 2.71 bits per heavy atom. The van der Waals surface area contributed by atoms with E-state index in [0.717, 1.165) is 29.9 Å². The maximum Gasteiger partial charge on any atom is 0.307 e. The molecule has 1 aromatic heterocycles. The molecule has 2 atom stereocenters. The van der Waals surface area contributed by atoms with E-state index in [0.29, 0.717) is 26.2 Å². The zero-order valence-corrected chi connectivity index (χ0v) is 16.6. The van der Waals surface area contributed by atoms with Crippen LogP contribution in [0.25, 0.3) is 0 Å². The number of hydrogen-bond acceptors (Lipinski definition) is 6. The molecule has 0 saturated carbocycles. The van der Waals surface area contributed by atoms with E-state index in [2.05, 4.69) is 4.98 Å². The summed E-state index contributed by atoms with van der Waals surface area (Å²) < 4.78 is 5.30. The fourth-order valence-electron chi connectivity index (χ4n) is 4.39. The summed E-state index contributed by atoms with van der Waals surface area (Å²) >= 11 is 0. The Hall–Kier alpha value is -2.51. The number of likely N-dealkylation sites (tertiary alicyclic amines) is 1. The monoisotopic (exact) mass is 386 g/mol. The van der Waals surface area contributed by atoms with Crippen molar-refractivity contribution in [1.82, 2.24) is 19.8 Å². The van der Waals surface area contributed by atoms with Gasteiger partial charge in [0.15, 0.2) is 0 Å². The normalized spacial score (nSPS) is 26.2. The largest absolute Gasteiger partial charge is 0.459 e. The third-order valence-electron chi connectivity index (χ3n) is 6.15. The summed E-state index contributed by atoms with van der Waals surface area (Å²) in [7, 11) is 0. The molecule has 0 N–H and O–H groups in total. The number of cyclic esters (lactones) is 1. The van der Waals surface area contributed by atoms with Crippen molar-refractivity contribution < 1.29 is 19.1 Å². The van der Waals surface area contributed by atoms with Gasteiger partial charge in [-0.25, -0.2) is 9.97 Å². The second-order valence-corrected chi connectivity index (χ2v) is 8.49. The quantitative estimate of drug-likeness (QED) is 0.705. The van der Waals surface area contributed by atoms with Crippen molar-refractivity contribution >= 4 is 17.8 Å². The molecule has 0 radical (unpaired) electrons. The molecule has 1 aromatic rings. The van der Waals surface area contributed by atoms with Crippen molar-refractivity contribution in [3.05, 3.63) is 23.3 Å². The molecule has 4 rings (SSSR count). The van der Waals surface area contributed by atoms with E-state index < -0.39 is 11.5 Å². The van der Waals surface area contributed by atoms with Crippen LogP contribution in [0.5, 0.6) is 0 Å². The number of hydrogen-bond donors (Lipinski definition) is 0. The molecule has 2 fully saturated rings. The minimum atomic E-state index is -0.753. The molecule has 150 valence electrons. The minimum Gasteiger partial charge on any atom is -0.459 e. The van der Waals surface area contributed by atoms with Crippen molar-refractivity contribution in [2.24, 2.45) is 5.92 Å². The topological polar surface area (TPSA) is 92.7 Å². The van der Waals surface area contributed by atoms with Crippen LogP contribution in [-0.2, 0) is 32.1 Å². The summed E-state index contributed by atoms with van der Waals surface area (Å²) in [6.45, 7) is 7.62. The van der Waals surface area contributed by atoms with Crippen LogP contribution in [0.1, 0.15) is 56.6 Å². The van der Waals surface area contributed by atoms with Crippen LogP contribution in [0.3, 0.4) is 0 Å². The maximum absolute atomic E-state index is 12.9. The zero-order valence-electron chi connectivity index (χ0n) is 16.6. The molecule has 8 heteroatoms. The molecule has 2 saturated heterocycles. The number of fused-ring (bicyclic) bond motifs is 1. The average Bonchev–Trinajstić information content (AvgIpc) is 3.24. The Labute approximate surface area is 164 Å². The number of esters is 1. The summed E-state index contributed by atoms with van der Waals surface area (Å²) in [6, 6.07) is 0. The summed E-state index contributed by atoms with van der Waals surface area (Å²) in [5.41, 5.74) is 1.25. The van der Waals surface area contributed by atoms with E-state index in [9.17, 15) is 14.4 Å². The maximum atomic E-state index is 12.9. The molecule has 3 aliphatic rings. The molecule has 0 bridgehead atoms. The highest BCUT2D eigenvalue weighted by molar-refractivity contribution is 5.88. The van der Waals surface area contributed by atoms with E-state index in [1.807, 2.05) is 11.1 Å². The molecule has 0 aliphatic carbocycles. The number of ether oxygens (including phenoxy) is 1. The Kier molecular flexibility index (Phi) is 4.59. The van der Waals surface area contributed by atoms with Crippen molar-refractivity contribution in [2.75, 3.05) is 19.6 Å². The molecular formula is C20H26N4O4. The number of nitrogens with zero attached hydrogens (tertiary/aromatic N) is 4. The third kappa shape index (κ3) is 3.36. The zero-order chi connectivity index (χ0) is 20.1. The van der Waals surface area contributed by atoms with Gasteiger partial charge in [0, 0.05) is 57.2 Å². The smallest absolute Gasteiger partial charge is 0.307 e. The second kappa shape index (κ2) is 6.83. The van der Waals surface area contributed by atoms with Gasteiger partial charge in [-0.2, -0.15) is 0 Å². The first-order valence-electron chi connectivity index (χ1n) is 9.85. The standard InChI is InChI=1S/C20H26N4O4/c1-12(25)23-7-5-16-14(11-23)9-21-18(22-16)13-4-6-24(10-13)19(27)15-8-17(26)28-20(15,2)3/h9,13,15H,4-8,10-11H2,1-3H3/t13-,15+/m0/s1. The van der Waals surface area contributed by atoms with Gasteiger partial charge in [0.1, 0.15) is 11.4 Å². The van der Waals surface area contributed by atoms with E-state index in [-0.39, 0.29) is 30.1 Å². The highest BCUT2D eigenvalue weighted by atomic mass is 16.6. The molecule has 2 amide bonds. The molecule has 3 aliphatic heterocycles. The lowest BCUT2D eigenvalue weighted by Gasteiger charge is -2.28. The fourth-order valence-corrected chi connectivity index (χ4v) is 4.39. The molecule has 4 heterocycles. The summed E-state index contributed by atoms with van der Waals surface area (Å²) in [5.74, 6) is 0.174. The highest BCUT2D eigenvalue weighted by Gasteiger charge is 2.48. The van der Waals surface area contributed by atoms with Gasteiger partial charge in [-0.15, -0.1) is 0 Å². The summed E-state index contributed by atoms with van der Waals surface area (Å²) in [6.07, 6.45) is 3.51. The van der Waals surface area contributed by atoms with Crippen LogP contribution in [0.15, 0.2) is 6.20 Å². The van der Waals surface area contributed by atoms with Gasteiger partial charge in [-0.3, -0.25) is 14.4 Å². The Morgan fingerprint density at radius 2 is 2.04 bits per heavy atom. The van der Waals surface area contributed by atoms with Crippen LogP contribution in [-0.4, -0.2) is 62.8 Å². The minimum absolute atomic E-state index is 0.0200. The fraction of sp³-hybridized carbons (Fsp3) is 0.650. The van der Waals surface area contributed by atoms with E-state index in [1.165, 1.54) is 0 Å². The Morgan fingerprint density at radius 1 is 1.25 bits per heavy atom. The first-order chi connectivity index (χ1) is 13.2. The molecule has 0 aromatic carbocycles. The van der Waals surface area contributed by atoms with E-state index in [4.69, 9.17) is 9.72 Å². The molecule has 0 spiro atoms. The Balaban J connectivity index is 1.44. The summed E-state index contributed by atoms with van der Waals surface area (Å²) in [5, 5.41) is 0. The number of amides is 2. The summed E-state index contributed by atoms with van der Waals surface area (Å²) in [4.78, 5) is 49.1. The third-order valence-corrected chi connectivity index (χ3v) is 6.15. The van der Waals surface area contributed by atoms with Crippen molar-refractivity contribution in [1.29, 1.82) is 0 Å². The molecule has 0 unspecified atom stereocenters. The lowest BCUT2D eigenvalue weighted by atomic mass is 9.89. The lowest BCUT2D eigenvalue weighted by Crippen LogP contribution is -2.42. The van der Waals surface area contributed by atoms with E-state index in [1.54, 1.807) is 25.7 Å². The van der Waals surface area contributed by atoms with Gasteiger partial charge in [-0.1, -0.05) is 0 Å². The van der Waals surface area contributed by atoms with E-state index >= 15 is 0 Å². The van der Waals surface area contributed by atoms with Gasteiger partial charge in [0.25, 0.3) is 0 Å². The number of rotatable bonds is 2. The highest BCUT2D eigenvalue weighted by Crippen LogP contribution is 2.36. The first-order valence-corrected chi connectivity index (χ1v) is 9.85. The molecular weight excluding hydrogens is 360 g/mol. The van der Waals surface area contributed by atoms with Crippen LogP contribution < -0.4 is 0 Å². The van der Waals surface area contributed by atoms with Crippen LogP contribution in [0.2, 0.25) is 0 Å². The lowest BCUT2D eigenvalue weighted by molar-refractivity contribution is -0.148. The van der Waals surface area contributed by atoms with Crippen molar-refractivity contribution in [3.63, 3.8) is 0 Å². The number of carbonyl (C=O) groups is 3. The average molecular weight is 386 g/mol. The van der Waals surface area contributed by atoms with Gasteiger partial charge in [0.2, 0.25) is 11.8 Å². The SMILES string of the molecule is CC(=O)N1CCc2nc([C@H]3CCN(C(=O)[C@H]4CC(=O)OC4(C)C)C3)ncc2C1. The number of carbonyl (C=O) groups excluding carboxylic acids is 3. The van der Waals surface area contributed by atoms with Gasteiger partial charge < -0.3 is 14.5 Å². The second-order valence-electron chi connectivity index (χ2n) is 8.49. The molecule has 8 nitrogen and oxygen atoms in total.